The van der Waals surface area contributed by atoms with Crippen molar-refractivity contribution in [2.45, 2.75) is 31.2 Å². The van der Waals surface area contributed by atoms with Crippen molar-refractivity contribution >= 4 is 22.9 Å². The number of nitrogens with one attached hydrogen (secondary N) is 1. The van der Waals surface area contributed by atoms with E-state index >= 15 is 0 Å². The molecule has 4 rings (SSSR count). The number of ether oxygens (including phenoxy) is 2. The monoisotopic (exact) mass is 499 g/mol. The zero-order valence-corrected chi connectivity index (χ0v) is 18.6. The van der Waals surface area contributed by atoms with E-state index in [-0.39, 0.29) is 54.4 Å². The van der Waals surface area contributed by atoms with Crippen LogP contribution in [0.5, 0.6) is 17.5 Å². The maximum absolute atomic E-state index is 13.2. The molecule has 182 valence electrons. The molecule has 1 atom stereocenters. The van der Waals surface area contributed by atoms with Crippen molar-refractivity contribution in [2.24, 2.45) is 7.05 Å². The number of hydrogen-bond acceptors (Lipinski definition) is 8. The molecule has 34 heavy (non-hydrogen) atoms. The highest BCUT2D eigenvalue weighted by Gasteiger charge is 2.31. The Kier molecular flexibility index (Phi) is 6.61. The molecule has 2 N–H and O–H groups in total. The van der Waals surface area contributed by atoms with Crippen LogP contribution in [0.3, 0.4) is 0 Å². The first-order chi connectivity index (χ1) is 16.2. The van der Waals surface area contributed by atoms with Gasteiger partial charge in [-0.05, 0) is 24.0 Å². The van der Waals surface area contributed by atoms with Crippen molar-refractivity contribution in [1.29, 1.82) is 0 Å². The van der Waals surface area contributed by atoms with Gasteiger partial charge in [-0.15, -0.1) is 24.9 Å². The Balaban J connectivity index is 1.82. The first-order valence-electron chi connectivity index (χ1n) is 10.1. The molecule has 2 aromatic heterocycles. The number of nitrogens with zero attached hydrogens (tertiary/aromatic N) is 4. The molecule has 1 aliphatic heterocycles. The summed E-state index contributed by atoms with van der Waals surface area (Å²) in [6.45, 7) is 0.00963. The number of aliphatic hydroxyl groups is 1. The van der Waals surface area contributed by atoms with Crippen LogP contribution in [0, 0.1) is 0 Å². The van der Waals surface area contributed by atoms with Gasteiger partial charge in [-0.2, -0.15) is 4.98 Å². The smallest absolute Gasteiger partial charge is 0.425 e. The predicted octanol–water partition coefficient (Wildman–Crippen LogP) is 2.10. The lowest BCUT2D eigenvalue weighted by Gasteiger charge is -2.15. The zero-order chi connectivity index (χ0) is 24.5. The molecule has 0 aliphatic carbocycles. The third-order valence-electron chi connectivity index (χ3n) is 4.93. The first kappa shape index (κ1) is 23.8. The number of thioether (sulfide) groups is 1. The molecule has 1 aromatic carbocycles. The van der Waals surface area contributed by atoms with Crippen LogP contribution < -0.4 is 26.0 Å². The topological polar surface area (TPSA) is 113 Å². The fourth-order valence-electron chi connectivity index (χ4n) is 3.45. The van der Waals surface area contributed by atoms with Gasteiger partial charge in [0.05, 0.1) is 11.9 Å². The molecule has 3 aromatic rings. The second-order valence-corrected chi connectivity index (χ2v) is 8.38. The summed E-state index contributed by atoms with van der Waals surface area (Å²) in [5, 5.41) is 13.9. The van der Waals surface area contributed by atoms with Crippen molar-refractivity contribution in [1.82, 2.24) is 24.0 Å². The Labute approximate surface area is 194 Å². The van der Waals surface area contributed by atoms with Gasteiger partial charge in [0.15, 0.2) is 11.2 Å². The minimum absolute atomic E-state index is 0.00549. The highest BCUT2D eigenvalue weighted by atomic mass is 32.2. The van der Waals surface area contributed by atoms with Crippen molar-refractivity contribution in [3.05, 3.63) is 56.7 Å². The molecule has 14 heteroatoms. The summed E-state index contributed by atoms with van der Waals surface area (Å²) in [6, 6.07) is 4.81. The van der Waals surface area contributed by atoms with E-state index in [0.717, 1.165) is 16.7 Å². The summed E-state index contributed by atoms with van der Waals surface area (Å²) in [6.07, 6.45) is -2.93. The van der Waals surface area contributed by atoms with E-state index in [1.165, 1.54) is 40.1 Å². The molecule has 0 amide bonds. The van der Waals surface area contributed by atoms with Crippen molar-refractivity contribution < 1.29 is 27.8 Å². The van der Waals surface area contributed by atoms with Crippen LogP contribution in [0.2, 0.25) is 0 Å². The molecular weight excluding hydrogens is 479 g/mol. The van der Waals surface area contributed by atoms with Gasteiger partial charge in [-0.3, -0.25) is 18.5 Å². The molecule has 0 fully saturated rings. The zero-order valence-electron chi connectivity index (χ0n) is 17.8. The van der Waals surface area contributed by atoms with Gasteiger partial charge in [-0.1, -0.05) is 6.07 Å². The molecule has 0 bridgehead atoms. The standard InChI is InChI=1S/C20H20F3N5O5S/c1-26-16-15(17(30)27(19(26)31)7-3-8-29)28(11-14-24-6-9-34-14)18(25-16)32-12-4-2-5-13(10-12)33-20(21,22)23/h2,4-6,9-10,14,24,29H,3,7-8,11H2,1H3. The quantitative estimate of drug-likeness (QED) is 0.485. The molecule has 10 nitrogen and oxygen atoms in total. The SMILES string of the molecule is Cn1c(=O)n(CCCO)c(=O)c2c1nc(Oc1cccc(OC(F)(F)F)c1)n2CC1NC=CS1. The summed E-state index contributed by atoms with van der Waals surface area (Å²) in [5.41, 5.74) is -1.08. The van der Waals surface area contributed by atoms with Crippen molar-refractivity contribution in [2.75, 3.05) is 6.61 Å². The number of aromatic nitrogens is 4. The summed E-state index contributed by atoms with van der Waals surface area (Å²) in [4.78, 5) is 30.3. The number of imidazole rings is 1. The van der Waals surface area contributed by atoms with Gasteiger partial charge in [0.25, 0.3) is 5.56 Å². The van der Waals surface area contributed by atoms with Crippen LogP contribution in [0.25, 0.3) is 11.2 Å². The summed E-state index contributed by atoms with van der Waals surface area (Å²) in [5.74, 6) is -0.488. The van der Waals surface area contributed by atoms with E-state index in [0.29, 0.717) is 0 Å². The molecule has 1 unspecified atom stereocenters. The van der Waals surface area contributed by atoms with Crippen LogP contribution in [-0.2, 0) is 20.1 Å². The van der Waals surface area contributed by atoms with E-state index in [1.807, 2.05) is 5.41 Å². The summed E-state index contributed by atoms with van der Waals surface area (Å²) < 4.78 is 51.2. The summed E-state index contributed by atoms with van der Waals surface area (Å²) >= 11 is 1.45. The Hall–Kier alpha value is -3.39. The molecule has 0 spiro atoms. The molecule has 0 radical (unpaired) electrons. The molecule has 3 heterocycles. The van der Waals surface area contributed by atoms with Crippen LogP contribution >= 0.6 is 11.8 Å². The van der Waals surface area contributed by atoms with Gasteiger partial charge in [-0.25, -0.2) is 4.79 Å². The number of rotatable bonds is 8. The van der Waals surface area contributed by atoms with Crippen LogP contribution in [0.4, 0.5) is 13.2 Å². The number of hydrogen-bond donors (Lipinski definition) is 2. The minimum atomic E-state index is -4.87. The van der Waals surface area contributed by atoms with Crippen molar-refractivity contribution in [3.63, 3.8) is 0 Å². The molecular formula is C20H20F3N5O5S. The highest BCUT2D eigenvalue weighted by molar-refractivity contribution is 8.02. The van der Waals surface area contributed by atoms with Crippen LogP contribution in [0.15, 0.2) is 45.5 Å². The fraction of sp³-hybridized carbons (Fsp3) is 0.350. The van der Waals surface area contributed by atoms with Gasteiger partial charge in [0.1, 0.15) is 11.5 Å². The average molecular weight is 499 g/mol. The first-order valence-corrected chi connectivity index (χ1v) is 11.0. The summed E-state index contributed by atoms with van der Waals surface area (Å²) in [7, 11) is 1.45. The third kappa shape index (κ3) is 4.92. The number of alkyl halides is 3. The van der Waals surface area contributed by atoms with E-state index in [9.17, 15) is 22.8 Å². The molecule has 0 saturated heterocycles. The Morgan fingerprint density at radius 3 is 2.68 bits per heavy atom. The van der Waals surface area contributed by atoms with Crippen molar-refractivity contribution in [3.8, 4) is 17.5 Å². The number of benzene rings is 1. The Bertz CT molecular complexity index is 1340. The second kappa shape index (κ2) is 9.46. The van der Waals surface area contributed by atoms with Crippen LogP contribution in [-0.4, -0.2) is 42.1 Å². The largest absolute Gasteiger partial charge is 0.573 e. The van der Waals surface area contributed by atoms with Gasteiger partial charge >= 0.3 is 18.1 Å². The lowest BCUT2D eigenvalue weighted by Crippen LogP contribution is -2.40. The van der Waals surface area contributed by atoms with E-state index in [2.05, 4.69) is 15.0 Å². The fourth-order valence-corrected chi connectivity index (χ4v) is 4.19. The minimum Gasteiger partial charge on any atom is -0.425 e. The molecule has 1 aliphatic rings. The van der Waals surface area contributed by atoms with E-state index in [1.54, 1.807) is 6.20 Å². The number of halogens is 3. The lowest BCUT2D eigenvalue weighted by atomic mass is 10.3. The van der Waals surface area contributed by atoms with Gasteiger partial charge in [0, 0.05) is 32.5 Å². The number of fused-ring (bicyclic) bond motifs is 1. The maximum Gasteiger partial charge on any atom is 0.573 e. The average Bonchev–Trinajstić information content (AvgIpc) is 3.40. The Morgan fingerprint density at radius 1 is 1.24 bits per heavy atom. The lowest BCUT2D eigenvalue weighted by molar-refractivity contribution is -0.274. The predicted molar refractivity (Wildman–Crippen MR) is 118 cm³/mol. The molecule has 0 saturated carbocycles. The van der Waals surface area contributed by atoms with Crippen LogP contribution in [0.1, 0.15) is 6.42 Å². The van der Waals surface area contributed by atoms with E-state index < -0.39 is 23.4 Å². The maximum atomic E-state index is 13.2. The normalized spacial score (nSPS) is 15.6. The number of aryl methyl sites for hydroxylation is 1. The second-order valence-electron chi connectivity index (χ2n) is 7.27. The van der Waals surface area contributed by atoms with Gasteiger partial charge < -0.3 is 19.9 Å². The Morgan fingerprint density at radius 2 is 2.00 bits per heavy atom. The third-order valence-corrected chi connectivity index (χ3v) is 5.83. The highest BCUT2D eigenvalue weighted by Crippen LogP contribution is 2.30. The number of aliphatic hydroxyl groups excluding tert-OH is 1. The van der Waals surface area contributed by atoms with Gasteiger partial charge in [0.2, 0.25) is 0 Å². The van der Waals surface area contributed by atoms with E-state index in [4.69, 9.17) is 9.84 Å².